The molecule has 0 bridgehead atoms. The van der Waals surface area contributed by atoms with E-state index in [-0.39, 0.29) is 5.92 Å². The van der Waals surface area contributed by atoms with Gasteiger partial charge in [0.1, 0.15) is 17.2 Å². The Kier molecular flexibility index (Phi) is 8.35. The lowest BCUT2D eigenvalue weighted by Gasteiger charge is -2.41. The minimum absolute atomic E-state index is 0.0397. The third-order valence-electron chi connectivity index (χ3n) is 9.33. The minimum atomic E-state index is -4.03. The Labute approximate surface area is 201 Å². The molecule has 0 amide bonds. The van der Waals surface area contributed by atoms with Crippen LogP contribution in [0, 0.1) is 41.2 Å². The average Bonchev–Trinajstić information content (AvgIpc) is 2.79. The van der Waals surface area contributed by atoms with Crippen molar-refractivity contribution in [1.29, 1.82) is 0 Å². The maximum atomic E-state index is 14.2. The smallest absolute Gasteiger partial charge is 0.206 e. The maximum Gasteiger partial charge on any atom is 0.353 e. The quantitative estimate of drug-likeness (QED) is 0.277. The first kappa shape index (κ1) is 25.3. The number of benzene rings is 1. The Morgan fingerprint density at radius 2 is 1.12 bits per heavy atom. The molecule has 3 fully saturated rings. The van der Waals surface area contributed by atoms with Crippen LogP contribution >= 0.6 is 11.6 Å². The third kappa shape index (κ3) is 6.08. The molecule has 3 saturated carbocycles. The minimum Gasteiger partial charge on any atom is -0.206 e. The van der Waals surface area contributed by atoms with E-state index in [1.165, 1.54) is 64.2 Å². The largest absolute Gasteiger partial charge is 0.353 e. The van der Waals surface area contributed by atoms with E-state index in [0.29, 0.717) is 11.5 Å². The van der Waals surface area contributed by atoms with E-state index < -0.39 is 22.6 Å². The number of rotatable bonds is 6. The van der Waals surface area contributed by atoms with E-state index in [0.717, 1.165) is 61.5 Å². The highest BCUT2D eigenvalue weighted by Crippen LogP contribution is 2.48. The molecule has 0 saturated heterocycles. The monoisotopic (exact) mass is 486 g/mol. The van der Waals surface area contributed by atoms with Gasteiger partial charge in [-0.25, -0.2) is 8.78 Å². The second kappa shape index (κ2) is 10.9. The summed E-state index contributed by atoms with van der Waals surface area (Å²) in [5.74, 6) is 1.88. The van der Waals surface area contributed by atoms with E-state index in [9.17, 15) is 17.6 Å². The molecule has 1 aromatic carbocycles. The van der Waals surface area contributed by atoms with Crippen LogP contribution in [0.1, 0.15) is 114 Å². The molecule has 0 nitrogen and oxygen atoms in total. The lowest BCUT2D eigenvalue weighted by Crippen LogP contribution is -2.29. The second-order valence-corrected chi connectivity index (χ2v) is 11.7. The molecule has 5 heteroatoms. The Balaban J connectivity index is 1.25. The SMILES string of the molecule is CCCC1CCC(C2CCC(C3CCC(c4cc(F)c(C(F)(F)Cl)c(F)c4)CC3)CC2)CC1. The molecule has 0 unspecified atom stereocenters. The molecule has 0 spiro atoms. The van der Waals surface area contributed by atoms with Crippen LogP contribution in [0.25, 0.3) is 0 Å². The molecular formula is C28H39ClF4. The molecule has 0 atom stereocenters. The van der Waals surface area contributed by atoms with E-state index in [1.807, 2.05) is 0 Å². The Bertz CT molecular complexity index is 742. The van der Waals surface area contributed by atoms with E-state index in [4.69, 9.17) is 11.6 Å². The highest BCUT2D eigenvalue weighted by molar-refractivity contribution is 6.21. The van der Waals surface area contributed by atoms with Gasteiger partial charge in [-0.2, -0.15) is 8.78 Å². The highest BCUT2D eigenvalue weighted by atomic mass is 35.5. The zero-order chi connectivity index (χ0) is 23.6. The van der Waals surface area contributed by atoms with Crippen LogP contribution in [0.3, 0.4) is 0 Å². The Morgan fingerprint density at radius 1 is 0.727 bits per heavy atom. The molecule has 4 rings (SSSR count). The molecule has 1 aromatic rings. The summed E-state index contributed by atoms with van der Waals surface area (Å²) in [4.78, 5) is 0. The number of alkyl halides is 3. The summed E-state index contributed by atoms with van der Waals surface area (Å²) < 4.78 is 54.9. The highest BCUT2D eigenvalue weighted by Gasteiger charge is 2.37. The first-order chi connectivity index (χ1) is 15.8. The van der Waals surface area contributed by atoms with Gasteiger partial charge in [0.05, 0.1) is 0 Å². The van der Waals surface area contributed by atoms with E-state index in [1.54, 1.807) is 0 Å². The van der Waals surface area contributed by atoms with Crippen molar-refractivity contribution in [2.24, 2.45) is 29.6 Å². The van der Waals surface area contributed by atoms with Crippen molar-refractivity contribution in [3.05, 3.63) is 34.9 Å². The average molecular weight is 487 g/mol. The summed E-state index contributed by atoms with van der Waals surface area (Å²) in [6.07, 6.45) is 17.8. The van der Waals surface area contributed by atoms with Gasteiger partial charge in [0.25, 0.3) is 0 Å². The van der Waals surface area contributed by atoms with Crippen molar-refractivity contribution in [1.82, 2.24) is 0 Å². The standard InChI is InChI=1S/C28H39ClF4/c1-2-3-18-4-6-19(7-5-18)20-8-10-21(11-9-20)22-12-14-23(15-13-22)24-16-25(30)27(26(31)17-24)28(29,32)33/h16-23H,2-15H2,1H3. The van der Waals surface area contributed by atoms with E-state index in [2.05, 4.69) is 6.92 Å². The molecule has 0 aliphatic heterocycles. The second-order valence-electron chi connectivity index (χ2n) is 11.2. The fourth-order valence-electron chi connectivity index (χ4n) is 7.47. The molecule has 0 N–H and O–H groups in total. The predicted octanol–water partition coefficient (Wildman–Crippen LogP) is 9.94. The first-order valence-electron chi connectivity index (χ1n) is 13.3. The van der Waals surface area contributed by atoms with Crippen LogP contribution < -0.4 is 0 Å². The van der Waals surface area contributed by atoms with Gasteiger partial charge >= 0.3 is 5.38 Å². The first-order valence-corrected chi connectivity index (χ1v) is 13.7. The van der Waals surface area contributed by atoms with Crippen molar-refractivity contribution in [3.63, 3.8) is 0 Å². The van der Waals surface area contributed by atoms with Gasteiger partial charge in [0.2, 0.25) is 0 Å². The van der Waals surface area contributed by atoms with Gasteiger partial charge < -0.3 is 0 Å². The molecule has 33 heavy (non-hydrogen) atoms. The Morgan fingerprint density at radius 3 is 1.52 bits per heavy atom. The fraction of sp³-hybridized carbons (Fsp3) is 0.786. The van der Waals surface area contributed by atoms with Crippen molar-refractivity contribution < 1.29 is 17.6 Å². The molecule has 186 valence electrons. The van der Waals surface area contributed by atoms with Crippen molar-refractivity contribution in [2.45, 2.75) is 108 Å². The molecule has 0 heterocycles. The van der Waals surface area contributed by atoms with Crippen LogP contribution in [-0.2, 0) is 5.38 Å². The summed E-state index contributed by atoms with van der Waals surface area (Å²) in [5, 5.41) is -4.03. The van der Waals surface area contributed by atoms with Gasteiger partial charge in [0.15, 0.2) is 0 Å². The maximum absolute atomic E-state index is 14.2. The molecule has 3 aliphatic carbocycles. The van der Waals surface area contributed by atoms with Gasteiger partial charge in [-0.3, -0.25) is 0 Å². The molecular weight excluding hydrogens is 448 g/mol. The zero-order valence-corrected chi connectivity index (χ0v) is 20.7. The number of hydrogen-bond acceptors (Lipinski definition) is 0. The number of halogens is 5. The van der Waals surface area contributed by atoms with Crippen molar-refractivity contribution in [2.75, 3.05) is 0 Å². The third-order valence-corrected chi connectivity index (χ3v) is 9.52. The van der Waals surface area contributed by atoms with Crippen LogP contribution in [0.15, 0.2) is 12.1 Å². The number of hydrogen-bond donors (Lipinski definition) is 0. The van der Waals surface area contributed by atoms with Crippen LogP contribution in [0.2, 0.25) is 0 Å². The van der Waals surface area contributed by atoms with Gasteiger partial charge in [-0.05, 0) is 129 Å². The van der Waals surface area contributed by atoms with Gasteiger partial charge in [-0.15, -0.1) is 0 Å². The molecule has 0 aromatic heterocycles. The van der Waals surface area contributed by atoms with Crippen LogP contribution in [0.4, 0.5) is 17.6 Å². The summed E-state index contributed by atoms with van der Waals surface area (Å²) in [6, 6.07) is 2.14. The Hall–Kier alpha value is -0.770. The summed E-state index contributed by atoms with van der Waals surface area (Å²) in [6.45, 7) is 2.30. The van der Waals surface area contributed by atoms with Gasteiger partial charge in [0, 0.05) is 0 Å². The zero-order valence-electron chi connectivity index (χ0n) is 19.9. The molecule has 0 radical (unpaired) electrons. The summed E-state index contributed by atoms with van der Waals surface area (Å²) >= 11 is 4.88. The normalized spacial score (nSPS) is 33.8. The summed E-state index contributed by atoms with van der Waals surface area (Å²) in [5.41, 5.74) is -0.840. The predicted molar refractivity (Wildman–Crippen MR) is 127 cm³/mol. The topological polar surface area (TPSA) is 0 Å². The van der Waals surface area contributed by atoms with Crippen LogP contribution in [-0.4, -0.2) is 0 Å². The van der Waals surface area contributed by atoms with Gasteiger partial charge in [-0.1, -0.05) is 32.6 Å². The van der Waals surface area contributed by atoms with Crippen molar-refractivity contribution in [3.8, 4) is 0 Å². The van der Waals surface area contributed by atoms with Crippen LogP contribution in [0.5, 0.6) is 0 Å². The van der Waals surface area contributed by atoms with E-state index >= 15 is 0 Å². The summed E-state index contributed by atoms with van der Waals surface area (Å²) in [7, 11) is 0. The van der Waals surface area contributed by atoms with Crippen molar-refractivity contribution >= 4 is 11.6 Å². The molecule has 3 aliphatic rings. The lowest BCUT2D eigenvalue weighted by molar-refractivity contribution is 0.0857. The fourth-order valence-corrected chi connectivity index (χ4v) is 7.65. The lowest BCUT2D eigenvalue weighted by atomic mass is 9.64.